The van der Waals surface area contributed by atoms with E-state index in [2.05, 4.69) is 19.2 Å². The first-order valence-electron chi connectivity index (χ1n) is 7.44. The lowest BCUT2D eigenvalue weighted by Gasteiger charge is -2.20. The van der Waals surface area contributed by atoms with Crippen LogP contribution in [0.25, 0.3) is 0 Å². The van der Waals surface area contributed by atoms with Gasteiger partial charge in [0.2, 0.25) is 0 Å². The van der Waals surface area contributed by atoms with Gasteiger partial charge < -0.3 is 20.3 Å². The molecule has 0 aliphatic rings. The molecule has 0 heterocycles. The molecule has 0 saturated carbocycles. The average molecular weight is 295 g/mol. The molecule has 0 spiro atoms. The molecule has 0 bridgehead atoms. The Morgan fingerprint density at radius 2 is 1.95 bits per heavy atom. The summed E-state index contributed by atoms with van der Waals surface area (Å²) in [4.78, 5) is 11.0. The lowest BCUT2D eigenvalue weighted by Crippen LogP contribution is -2.34. The lowest BCUT2D eigenvalue weighted by molar-refractivity contribution is 0.0692. The second kappa shape index (κ2) is 9.37. The number of carbonyl (C=O) groups is 1. The summed E-state index contributed by atoms with van der Waals surface area (Å²) in [5.41, 5.74) is 0.162. The second-order valence-corrected chi connectivity index (χ2v) is 5.00. The SMILES string of the molecule is CCC(CC)C(O)CNCCOc1ccccc1C(=O)O. The van der Waals surface area contributed by atoms with Crippen LogP contribution in [0.2, 0.25) is 0 Å². The average Bonchev–Trinajstić information content (AvgIpc) is 2.48. The van der Waals surface area contributed by atoms with Crippen molar-refractivity contribution in [2.45, 2.75) is 32.8 Å². The molecule has 5 heteroatoms. The fraction of sp³-hybridized carbons (Fsp3) is 0.562. The van der Waals surface area contributed by atoms with E-state index in [1.165, 1.54) is 6.07 Å². The molecule has 0 fully saturated rings. The van der Waals surface area contributed by atoms with E-state index in [0.29, 0.717) is 31.4 Å². The van der Waals surface area contributed by atoms with Gasteiger partial charge in [0.1, 0.15) is 17.9 Å². The minimum absolute atomic E-state index is 0.162. The molecule has 1 atom stereocenters. The first-order chi connectivity index (χ1) is 10.1. The number of hydrogen-bond donors (Lipinski definition) is 3. The number of nitrogens with one attached hydrogen (secondary N) is 1. The highest BCUT2D eigenvalue weighted by molar-refractivity contribution is 5.90. The van der Waals surface area contributed by atoms with Crippen LogP contribution in [-0.2, 0) is 0 Å². The van der Waals surface area contributed by atoms with Crippen LogP contribution in [0.3, 0.4) is 0 Å². The third-order valence-electron chi connectivity index (χ3n) is 3.60. The van der Waals surface area contributed by atoms with Crippen LogP contribution in [0, 0.1) is 5.92 Å². The summed E-state index contributed by atoms with van der Waals surface area (Å²) in [5, 5.41) is 22.1. The second-order valence-electron chi connectivity index (χ2n) is 5.00. The minimum Gasteiger partial charge on any atom is -0.491 e. The zero-order valence-electron chi connectivity index (χ0n) is 12.7. The number of aliphatic hydroxyl groups excluding tert-OH is 1. The Morgan fingerprint density at radius 3 is 2.57 bits per heavy atom. The Morgan fingerprint density at radius 1 is 1.29 bits per heavy atom. The summed E-state index contributed by atoms with van der Waals surface area (Å²) in [6, 6.07) is 6.57. The van der Waals surface area contributed by atoms with Crippen molar-refractivity contribution in [3.8, 4) is 5.75 Å². The maximum absolute atomic E-state index is 11.0. The van der Waals surface area contributed by atoms with Crippen LogP contribution in [0.4, 0.5) is 0 Å². The number of benzene rings is 1. The molecule has 5 nitrogen and oxygen atoms in total. The van der Waals surface area contributed by atoms with Crippen molar-refractivity contribution >= 4 is 5.97 Å². The van der Waals surface area contributed by atoms with Crippen LogP contribution in [0.15, 0.2) is 24.3 Å². The normalized spacial score (nSPS) is 12.4. The summed E-state index contributed by atoms with van der Waals surface area (Å²) in [6.45, 7) is 5.59. The molecule has 0 aromatic heterocycles. The molecule has 3 N–H and O–H groups in total. The van der Waals surface area contributed by atoms with Gasteiger partial charge in [-0.1, -0.05) is 38.8 Å². The number of aromatic carboxylic acids is 1. The predicted octanol–water partition coefficient (Wildman–Crippen LogP) is 2.15. The molecule has 118 valence electrons. The van der Waals surface area contributed by atoms with Crippen LogP contribution in [-0.4, -0.2) is 42.0 Å². The number of ether oxygens (including phenoxy) is 1. The van der Waals surface area contributed by atoms with Gasteiger partial charge in [-0.3, -0.25) is 0 Å². The Hall–Kier alpha value is -1.59. The summed E-state index contributed by atoms with van der Waals surface area (Å²) in [6.07, 6.45) is 1.57. The van der Waals surface area contributed by atoms with Crippen molar-refractivity contribution in [1.82, 2.24) is 5.32 Å². The maximum Gasteiger partial charge on any atom is 0.339 e. The zero-order valence-corrected chi connectivity index (χ0v) is 12.7. The van der Waals surface area contributed by atoms with Gasteiger partial charge in [-0.2, -0.15) is 0 Å². The highest BCUT2D eigenvalue weighted by Crippen LogP contribution is 2.17. The highest BCUT2D eigenvalue weighted by Gasteiger charge is 2.14. The van der Waals surface area contributed by atoms with Crippen LogP contribution in [0.5, 0.6) is 5.75 Å². The van der Waals surface area contributed by atoms with Crippen LogP contribution >= 0.6 is 0 Å². The number of para-hydroxylation sites is 1. The van der Waals surface area contributed by atoms with Crippen LogP contribution in [0.1, 0.15) is 37.0 Å². The van der Waals surface area contributed by atoms with E-state index in [9.17, 15) is 9.90 Å². The van der Waals surface area contributed by atoms with E-state index in [1.54, 1.807) is 18.2 Å². The number of rotatable bonds is 10. The Bertz CT molecular complexity index is 432. The number of carboxylic acids is 1. The van der Waals surface area contributed by atoms with Gasteiger partial charge in [0.05, 0.1) is 6.10 Å². The molecular formula is C16H25NO4. The number of carboxylic acid groups (broad SMARTS) is 1. The lowest BCUT2D eigenvalue weighted by atomic mass is 9.97. The quantitative estimate of drug-likeness (QED) is 0.576. The summed E-state index contributed by atoms with van der Waals surface area (Å²) < 4.78 is 5.47. The number of hydrogen-bond acceptors (Lipinski definition) is 4. The molecule has 0 aliphatic carbocycles. The molecule has 1 aromatic rings. The summed E-state index contributed by atoms with van der Waals surface area (Å²) >= 11 is 0. The molecule has 0 saturated heterocycles. The molecule has 0 aliphatic heterocycles. The van der Waals surface area contributed by atoms with E-state index in [0.717, 1.165) is 12.8 Å². The van der Waals surface area contributed by atoms with Crippen molar-refractivity contribution in [2.75, 3.05) is 19.7 Å². The fourth-order valence-electron chi connectivity index (χ4n) is 2.25. The molecule has 21 heavy (non-hydrogen) atoms. The standard InChI is InChI=1S/C16H25NO4/c1-3-12(4-2)14(18)11-17-9-10-21-15-8-6-5-7-13(15)16(19)20/h5-8,12,14,17-18H,3-4,9-11H2,1-2H3,(H,19,20). The Balaban J connectivity index is 2.30. The van der Waals surface area contributed by atoms with E-state index in [4.69, 9.17) is 9.84 Å². The van der Waals surface area contributed by atoms with E-state index < -0.39 is 5.97 Å². The predicted molar refractivity (Wildman–Crippen MR) is 81.8 cm³/mol. The fourth-order valence-corrected chi connectivity index (χ4v) is 2.25. The van der Waals surface area contributed by atoms with Crippen molar-refractivity contribution in [1.29, 1.82) is 0 Å². The zero-order chi connectivity index (χ0) is 15.7. The van der Waals surface area contributed by atoms with Crippen molar-refractivity contribution < 1.29 is 19.7 Å². The van der Waals surface area contributed by atoms with Gasteiger partial charge in [-0.25, -0.2) is 4.79 Å². The van der Waals surface area contributed by atoms with Gasteiger partial charge in [-0.05, 0) is 18.1 Å². The van der Waals surface area contributed by atoms with Gasteiger partial charge in [-0.15, -0.1) is 0 Å². The summed E-state index contributed by atoms with van der Waals surface area (Å²) in [7, 11) is 0. The number of aliphatic hydroxyl groups is 1. The largest absolute Gasteiger partial charge is 0.491 e. The Labute approximate surface area is 125 Å². The molecule has 1 rings (SSSR count). The summed E-state index contributed by atoms with van der Waals surface area (Å²) in [5.74, 6) is -0.318. The molecule has 0 amide bonds. The molecule has 0 radical (unpaired) electrons. The molecule has 1 aromatic carbocycles. The molecule has 1 unspecified atom stereocenters. The van der Waals surface area contributed by atoms with Gasteiger partial charge in [0.15, 0.2) is 0 Å². The van der Waals surface area contributed by atoms with Crippen molar-refractivity contribution in [2.24, 2.45) is 5.92 Å². The highest BCUT2D eigenvalue weighted by atomic mass is 16.5. The van der Waals surface area contributed by atoms with Crippen molar-refractivity contribution in [3.05, 3.63) is 29.8 Å². The van der Waals surface area contributed by atoms with Gasteiger partial charge >= 0.3 is 5.97 Å². The first kappa shape index (κ1) is 17.5. The van der Waals surface area contributed by atoms with E-state index >= 15 is 0 Å². The smallest absolute Gasteiger partial charge is 0.339 e. The minimum atomic E-state index is -0.997. The van der Waals surface area contributed by atoms with E-state index in [-0.39, 0.29) is 11.7 Å². The van der Waals surface area contributed by atoms with Crippen molar-refractivity contribution in [3.63, 3.8) is 0 Å². The van der Waals surface area contributed by atoms with Gasteiger partial charge in [0.25, 0.3) is 0 Å². The third kappa shape index (κ3) is 5.73. The van der Waals surface area contributed by atoms with E-state index in [1.807, 2.05) is 0 Å². The Kier molecular flexibility index (Phi) is 7.79. The third-order valence-corrected chi connectivity index (χ3v) is 3.60. The monoisotopic (exact) mass is 295 g/mol. The topological polar surface area (TPSA) is 78.8 Å². The molecular weight excluding hydrogens is 270 g/mol. The maximum atomic E-state index is 11.0. The first-order valence-corrected chi connectivity index (χ1v) is 7.44. The van der Waals surface area contributed by atoms with Gasteiger partial charge in [0, 0.05) is 13.1 Å². The van der Waals surface area contributed by atoms with Crippen LogP contribution < -0.4 is 10.1 Å².